The Morgan fingerprint density at radius 2 is 2.14 bits per heavy atom. The van der Waals surface area contributed by atoms with Gasteiger partial charge < -0.3 is 4.90 Å². The van der Waals surface area contributed by atoms with Crippen LogP contribution in [-0.2, 0) is 6.54 Å². The molecule has 10 heteroatoms. The molecular weight excluding hydrogens is 394 g/mol. The van der Waals surface area contributed by atoms with E-state index in [-0.39, 0.29) is 5.91 Å². The van der Waals surface area contributed by atoms with Gasteiger partial charge in [-0.15, -0.1) is 21.5 Å². The molecule has 0 saturated carbocycles. The SMILES string of the molecule is Cc1nc(CN2CCCN(c3ccc(C(=O)Nc4nncs4)cn3)CC2)cs1. The minimum absolute atomic E-state index is 0.226. The lowest BCUT2D eigenvalue weighted by Gasteiger charge is -2.22. The highest BCUT2D eigenvalue weighted by Crippen LogP contribution is 2.17. The maximum Gasteiger partial charge on any atom is 0.259 e. The molecule has 1 saturated heterocycles. The van der Waals surface area contributed by atoms with Crippen molar-refractivity contribution in [3.63, 3.8) is 0 Å². The van der Waals surface area contributed by atoms with Crippen LogP contribution in [0.5, 0.6) is 0 Å². The Bertz CT molecular complexity index is 910. The molecule has 4 heterocycles. The molecule has 0 aromatic carbocycles. The van der Waals surface area contributed by atoms with Crippen molar-refractivity contribution >= 4 is 39.5 Å². The molecule has 1 aliphatic rings. The lowest BCUT2D eigenvalue weighted by molar-refractivity contribution is 0.102. The first-order chi connectivity index (χ1) is 13.7. The standard InChI is InChI=1S/C18H21N7OS2/c1-13-21-15(11-27-13)10-24-5-2-6-25(8-7-24)16-4-3-14(9-19-16)17(26)22-18-23-20-12-28-18/h3-4,9,11-12H,2,5-8,10H2,1H3,(H,22,23,26). The summed E-state index contributed by atoms with van der Waals surface area (Å²) in [5.74, 6) is 0.676. The van der Waals surface area contributed by atoms with E-state index in [1.165, 1.54) is 11.3 Å². The van der Waals surface area contributed by atoms with E-state index in [9.17, 15) is 4.79 Å². The van der Waals surface area contributed by atoms with Crippen LogP contribution in [0.2, 0.25) is 0 Å². The number of rotatable bonds is 5. The molecule has 3 aromatic rings. The molecule has 0 atom stereocenters. The van der Waals surface area contributed by atoms with E-state index >= 15 is 0 Å². The molecule has 1 fully saturated rings. The quantitative estimate of drug-likeness (QED) is 0.685. The zero-order valence-electron chi connectivity index (χ0n) is 15.5. The van der Waals surface area contributed by atoms with Crippen LogP contribution in [0.3, 0.4) is 0 Å². The summed E-state index contributed by atoms with van der Waals surface area (Å²) >= 11 is 2.99. The third-order valence-electron chi connectivity index (χ3n) is 4.56. The number of nitrogens with one attached hydrogen (secondary N) is 1. The minimum atomic E-state index is -0.226. The van der Waals surface area contributed by atoms with Crippen molar-refractivity contribution < 1.29 is 4.79 Å². The van der Waals surface area contributed by atoms with Crippen molar-refractivity contribution in [3.05, 3.63) is 45.5 Å². The first-order valence-electron chi connectivity index (χ1n) is 9.09. The van der Waals surface area contributed by atoms with Crippen molar-refractivity contribution in [1.29, 1.82) is 0 Å². The summed E-state index contributed by atoms with van der Waals surface area (Å²) in [5.41, 5.74) is 3.24. The van der Waals surface area contributed by atoms with Crippen LogP contribution in [-0.4, -0.2) is 57.2 Å². The monoisotopic (exact) mass is 415 g/mol. The lowest BCUT2D eigenvalue weighted by Crippen LogP contribution is -2.31. The molecule has 0 unspecified atom stereocenters. The Morgan fingerprint density at radius 1 is 1.21 bits per heavy atom. The summed E-state index contributed by atoms with van der Waals surface area (Å²) in [4.78, 5) is 26.0. The first-order valence-corrected chi connectivity index (χ1v) is 10.9. The van der Waals surface area contributed by atoms with E-state index in [0.29, 0.717) is 10.7 Å². The molecule has 4 rings (SSSR count). The number of thiazole rings is 1. The van der Waals surface area contributed by atoms with Crippen LogP contribution in [0.1, 0.15) is 27.5 Å². The Morgan fingerprint density at radius 3 is 2.86 bits per heavy atom. The highest BCUT2D eigenvalue weighted by atomic mass is 32.1. The van der Waals surface area contributed by atoms with Gasteiger partial charge in [0.1, 0.15) is 11.3 Å². The van der Waals surface area contributed by atoms with E-state index in [1.807, 2.05) is 13.0 Å². The van der Waals surface area contributed by atoms with Crippen molar-refractivity contribution in [3.8, 4) is 0 Å². The van der Waals surface area contributed by atoms with Crippen molar-refractivity contribution in [2.75, 3.05) is 36.4 Å². The summed E-state index contributed by atoms with van der Waals surface area (Å²) in [5, 5.41) is 14.0. The van der Waals surface area contributed by atoms with Crippen LogP contribution in [0, 0.1) is 6.92 Å². The van der Waals surface area contributed by atoms with Gasteiger partial charge in [-0.05, 0) is 25.5 Å². The molecule has 1 N–H and O–H groups in total. The van der Waals surface area contributed by atoms with Gasteiger partial charge in [0.25, 0.3) is 5.91 Å². The van der Waals surface area contributed by atoms with Crippen LogP contribution < -0.4 is 10.2 Å². The minimum Gasteiger partial charge on any atom is -0.355 e. The van der Waals surface area contributed by atoms with Gasteiger partial charge in [0.15, 0.2) is 0 Å². The largest absolute Gasteiger partial charge is 0.355 e. The number of nitrogens with zero attached hydrogens (tertiary/aromatic N) is 6. The number of amides is 1. The highest BCUT2D eigenvalue weighted by Gasteiger charge is 2.17. The van der Waals surface area contributed by atoms with E-state index in [1.54, 1.807) is 29.1 Å². The summed E-state index contributed by atoms with van der Waals surface area (Å²) in [6.45, 7) is 6.83. The van der Waals surface area contributed by atoms with Crippen molar-refractivity contribution in [1.82, 2.24) is 25.1 Å². The summed E-state index contributed by atoms with van der Waals surface area (Å²) < 4.78 is 0. The number of hydrogen-bond acceptors (Lipinski definition) is 9. The van der Waals surface area contributed by atoms with Gasteiger partial charge >= 0.3 is 0 Å². The zero-order valence-corrected chi connectivity index (χ0v) is 17.2. The number of aromatic nitrogens is 4. The van der Waals surface area contributed by atoms with E-state index in [4.69, 9.17) is 0 Å². The topological polar surface area (TPSA) is 87.1 Å². The molecule has 1 amide bonds. The zero-order chi connectivity index (χ0) is 19.3. The van der Waals surface area contributed by atoms with Crippen molar-refractivity contribution in [2.24, 2.45) is 0 Å². The van der Waals surface area contributed by atoms with Crippen LogP contribution >= 0.6 is 22.7 Å². The number of aryl methyl sites for hydroxylation is 1. The van der Waals surface area contributed by atoms with Gasteiger partial charge in [-0.25, -0.2) is 9.97 Å². The second kappa shape index (κ2) is 8.72. The molecule has 8 nitrogen and oxygen atoms in total. The lowest BCUT2D eigenvalue weighted by atomic mass is 10.2. The molecule has 146 valence electrons. The number of hydrogen-bond donors (Lipinski definition) is 1. The Balaban J connectivity index is 1.34. The number of pyridine rings is 1. The second-order valence-electron chi connectivity index (χ2n) is 6.58. The fourth-order valence-electron chi connectivity index (χ4n) is 3.17. The highest BCUT2D eigenvalue weighted by molar-refractivity contribution is 7.13. The molecular formula is C18H21N7OS2. The number of carbonyl (C=O) groups is 1. The molecule has 28 heavy (non-hydrogen) atoms. The fraction of sp³-hybridized carbons (Fsp3) is 0.389. The average molecular weight is 416 g/mol. The van der Waals surface area contributed by atoms with Crippen LogP contribution in [0.4, 0.5) is 10.9 Å². The summed E-state index contributed by atoms with van der Waals surface area (Å²) in [6.07, 6.45) is 2.69. The van der Waals surface area contributed by atoms with E-state index in [0.717, 1.165) is 55.7 Å². The maximum absolute atomic E-state index is 12.2. The average Bonchev–Trinajstić information content (AvgIpc) is 3.29. The summed E-state index contributed by atoms with van der Waals surface area (Å²) in [7, 11) is 0. The smallest absolute Gasteiger partial charge is 0.259 e. The number of anilines is 2. The van der Waals surface area contributed by atoms with Gasteiger partial charge in [0.05, 0.1) is 16.3 Å². The van der Waals surface area contributed by atoms with E-state index < -0.39 is 0 Å². The van der Waals surface area contributed by atoms with Gasteiger partial charge in [0.2, 0.25) is 5.13 Å². The first kappa shape index (κ1) is 18.9. The van der Waals surface area contributed by atoms with Gasteiger partial charge in [-0.2, -0.15) is 0 Å². The van der Waals surface area contributed by atoms with Gasteiger partial charge in [0, 0.05) is 44.3 Å². The Labute approximate surface area is 171 Å². The molecule has 0 radical (unpaired) electrons. The second-order valence-corrected chi connectivity index (χ2v) is 8.47. The van der Waals surface area contributed by atoms with Crippen LogP contribution in [0.15, 0.2) is 29.2 Å². The molecule has 0 aliphatic carbocycles. The predicted molar refractivity (Wildman–Crippen MR) is 111 cm³/mol. The summed E-state index contributed by atoms with van der Waals surface area (Å²) in [6, 6.07) is 3.72. The van der Waals surface area contributed by atoms with Crippen LogP contribution in [0.25, 0.3) is 0 Å². The molecule has 3 aromatic heterocycles. The molecule has 0 bridgehead atoms. The van der Waals surface area contributed by atoms with E-state index in [2.05, 4.69) is 40.7 Å². The normalized spacial score (nSPS) is 15.4. The Kier molecular flexibility index (Phi) is 5.89. The van der Waals surface area contributed by atoms with Gasteiger partial charge in [-0.3, -0.25) is 15.0 Å². The predicted octanol–water partition coefficient (Wildman–Crippen LogP) is 2.66. The third kappa shape index (κ3) is 4.70. The molecule has 1 aliphatic heterocycles. The van der Waals surface area contributed by atoms with Crippen molar-refractivity contribution in [2.45, 2.75) is 19.9 Å². The third-order valence-corrected chi connectivity index (χ3v) is 5.98. The fourth-order valence-corrected chi connectivity index (χ4v) is 4.22. The van der Waals surface area contributed by atoms with Gasteiger partial charge in [-0.1, -0.05) is 11.3 Å². The Hall–Kier alpha value is -2.43. The molecule has 0 spiro atoms. The maximum atomic E-state index is 12.2. The number of carbonyl (C=O) groups excluding carboxylic acids is 1.